The number of halogens is 3. The number of Topliss-reactive ketones (excluding diaryl/α,β-unsaturated/α-hetero) is 1. The third-order valence-corrected chi connectivity index (χ3v) is 3.13. The fraction of sp³-hybridized carbons (Fsp3) is 0.364. The maximum absolute atomic E-state index is 11.5. The molecule has 0 aliphatic heterocycles. The number of alkyl halides is 1. The summed E-state index contributed by atoms with van der Waals surface area (Å²) in [6.45, 7) is 0. The minimum atomic E-state index is 0.139. The predicted molar refractivity (Wildman–Crippen MR) is 65.1 cm³/mol. The summed E-state index contributed by atoms with van der Waals surface area (Å²) >= 11 is 17.3. The van der Waals surface area contributed by atoms with Crippen molar-refractivity contribution in [3.63, 3.8) is 0 Å². The van der Waals surface area contributed by atoms with E-state index in [1.807, 2.05) is 6.07 Å². The van der Waals surface area contributed by atoms with E-state index in [0.717, 1.165) is 5.56 Å². The van der Waals surface area contributed by atoms with Gasteiger partial charge in [0.2, 0.25) is 0 Å². The Bertz CT molecular complexity index is 350. The molecule has 0 aliphatic carbocycles. The maximum Gasteiger partial charge on any atom is 0.137 e. The van der Waals surface area contributed by atoms with Gasteiger partial charge in [-0.25, -0.2) is 0 Å². The quantitative estimate of drug-likeness (QED) is 0.732. The van der Waals surface area contributed by atoms with Crippen LogP contribution in [0.2, 0.25) is 10.0 Å². The van der Waals surface area contributed by atoms with Gasteiger partial charge < -0.3 is 0 Å². The summed E-state index contributed by atoms with van der Waals surface area (Å²) in [5.74, 6) is 0.648. The zero-order chi connectivity index (χ0) is 11.3. The van der Waals surface area contributed by atoms with Gasteiger partial charge in [-0.15, -0.1) is 11.6 Å². The normalized spacial score (nSPS) is 10.3. The van der Waals surface area contributed by atoms with Crippen LogP contribution in [-0.2, 0) is 11.2 Å². The zero-order valence-electron chi connectivity index (χ0n) is 8.10. The van der Waals surface area contributed by atoms with E-state index in [2.05, 4.69) is 0 Å². The van der Waals surface area contributed by atoms with Crippen molar-refractivity contribution in [3.05, 3.63) is 33.8 Å². The summed E-state index contributed by atoms with van der Waals surface area (Å²) in [4.78, 5) is 11.5. The smallest absolute Gasteiger partial charge is 0.137 e. The number of hydrogen-bond acceptors (Lipinski definition) is 1. The Hall–Kier alpha value is -0.240. The number of ketones is 1. The Morgan fingerprint density at radius 3 is 2.67 bits per heavy atom. The lowest BCUT2D eigenvalue weighted by Crippen LogP contribution is -2.03. The van der Waals surface area contributed by atoms with E-state index >= 15 is 0 Å². The third kappa shape index (κ3) is 4.02. The lowest BCUT2D eigenvalue weighted by molar-refractivity contribution is -0.118. The van der Waals surface area contributed by atoms with Crippen LogP contribution in [0.4, 0.5) is 0 Å². The Morgan fingerprint density at radius 2 is 2.00 bits per heavy atom. The van der Waals surface area contributed by atoms with Crippen molar-refractivity contribution < 1.29 is 4.79 Å². The minimum absolute atomic E-state index is 0.139. The number of carbonyl (C=O) groups excluding carboxylic acids is 1. The molecule has 0 unspecified atom stereocenters. The topological polar surface area (TPSA) is 17.1 Å². The van der Waals surface area contributed by atoms with Crippen molar-refractivity contribution >= 4 is 40.6 Å². The van der Waals surface area contributed by atoms with Crippen molar-refractivity contribution in [3.8, 4) is 0 Å². The van der Waals surface area contributed by atoms with Gasteiger partial charge in [-0.3, -0.25) is 4.79 Å². The van der Waals surface area contributed by atoms with Crippen molar-refractivity contribution in [2.24, 2.45) is 0 Å². The number of hydrogen-bond donors (Lipinski definition) is 0. The van der Waals surface area contributed by atoms with Crippen molar-refractivity contribution in [1.29, 1.82) is 0 Å². The fourth-order valence-electron chi connectivity index (χ4n) is 1.25. The molecule has 0 saturated heterocycles. The standard InChI is InChI=1S/C11H11Cl3O/c12-6-2-4-9(15)7-8-3-1-5-10(13)11(8)14/h1,3,5H,2,4,6-7H2. The summed E-state index contributed by atoms with van der Waals surface area (Å²) < 4.78 is 0. The first-order valence-corrected chi connectivity index (χ1v) is 5.94. The van der Waals surface area contributed by atoms with Crippen molar-refractivity contribution in [2.45, 2.75) is 19.3 Å². The fourth-order valence-corrected chi connectivity index (χ4v) is 1.77. The Labute approximate surface area is 104 Å². The first-order chi connectivity index (χ1) is 7.15. The molecular weight excluding hydrogens is 254 g/mol. The van der Waals surface area contributed by atoms with E-state index in [9.17, 15) is 4.79 Å². The van der Waals surface area contributed by atoms with Gasteiger partial charge in [-0.2, -0.15) is 0 Å². The molecule has 0 fully saturated rings. The van der Waals surface area contributed by atoms with Crippen LogP contribution < -0.4 is 0 Å². The van der Waals surface area contributed by atoms with E-state index in [-0.39, 0.29) is 5.78 Å². The average Bonchev–Trinajstić information content (AvgIpc) is 2.22. The van der Waals surface area contributed by atoms with Gasteiger partial charge in [0.05, 0.1) is 10.0 Å². The summed E-state index contributed by atoms with van der Waals surface area (Å²) in [6, 6.07) is 5.31. The molecular formula is C11H11Cl3O. The number of rotatable bonds is 5. The highest BCUT2D eigenvalue weighted by Gasteiger charge is 2.08. The monoisotopic (exact) mass is 264 g/mol. The first-order valence-electron chi connectivity index (χ1n) is 4.65. The molecule has 0 aliphatic rings. The summed E-state index contributed by atoms with van der Waals surface area (Å²) in [7, 11) is 0. The molecule has 4 heteroatoms. The van der Waals surface area contributed by atoms with Crippen LogP contribution in [0.1, 0.15) is 18.4 Å². The van der Waals surface area contributed by atoms with Gasteiger partial charge in [0.15, 0.2) is 0 Å². The SMILES string of the molecule is O=C(CCCCl)Cc1cccc(Cl)c1Cl. The molecule has 0 N–H and O–H groups in total. The molecule has 0 saturated carbocycles. The van der Waals surface area contributed by atoms with Gasteiger partial charge >= 0.3 is 0 Å². The summed E-state index contributed by atoms with van der Waals surface area (Å²) in [5.41, 5.74) is 0.781. The van der Waals surface area contributed by atoms with E-state index in [0.29, 0.717) is 35.2 Å². The van der Waals surface area contributed by atoms with Gasteiger partial charge in [0, 0.05) is 18.7 Å². The molecule has 1 aromatic rings. The molecule has 0 radical (unpaired) electrons. The predicted octanol–water partition coefficient (Wildman–Crippen LogP) is 4.12. The highest BCUT2D eigenvalue weighted by atomic mass is 35.5. The van der Waals surface area contributed by atoms with Crippen LogP contribution in [0.15, 0.2) is 18.2 Å². The van der Waals surface area contributed by atoms with E-state index < -0.39 is 0 Å². The number of benzene rings is 1. The van der Waals surface area contributed by atoms with Crippen LogP contribution in [-0.4, -0.2) is 11.7 Å². The molecule has 0 aromatic heterocycles. The van der Waals surface area contributed by atoms with Crippen LogP contribution in [0.5, 0.6) is 0 Å². The summed E-state index contributed by atoms with van der Waals surface area (Å²) in [5, 5.41) is 0.956. The molecule has 0 heterocycles. The molecule has 1 aromatic carbocycles. The third-order valence-electron chi connectivity index (χ3n) is 2.01. The highest BCUT2D eigenvalue weighted by Crippen LogP contribution is 2.26. The Kier molecular flexibility index (Phi) is 5.44. The molecule has 0 amide bonds. The molecule has 82 valence electrons. The van der Waals surface area contributed by atoms with Crippen LogP contribution in [0.25, 0.3) is 0 Å². The molecule has 0 atom stereocenters. The van der Waals surface area contributed by atoms with Gasteiger partial charge in [0.1, 0.15) is 5.78 Å². The van der Waals surface area contributed by atoms with Crippen molar-refractivity contribution in [1.82, 2.24) is 0 Å². The Balaban J connectivity index is 2.64. The van der Waals surface area contributed by atoms with Gasteiger partial charge in [-0.05, 0) is 18.1 Å². The molecule has 1 rings (SSSR count). The Morgan fingerprint density at radius 1 is 1.27 bits per heavy atom. The van der Waals surface area contributed by atoms with Crippen LogP contribution in [0, 0.1) is 0 Å². The molecule has 0 spiro atoms. The molecule has 15 heavy (non-hydrogen) atoms. The van der Waals surface area contributed by atoms with Gasteiger partial charge in [0.25, 0.3) is 0 Å². The lowest BCUT2D eigenvalue weighted by atomic mass is 10.1. The second-order valence-corrected chi connectivity index (χ2v) is 4.38. The largest absolute Gasteiger partial charge is 0.299 e. The van der Waals surface area contributed by atoms with E-state index in [1.165, 1.54) is 0 Å². The molecule has 0 bridgehead atoms. The average molecular weight is 266 g/mol. The number of carbonyl (C=O) groups is 1. The lowest BCUT2D eigenvalue weighted by Gasteiger charge is -2.04. The van der Waals surface area contributed by atoms with Gasteiger partial charge in [-0.1, -0.05) is 35.3 Å². The molecule has 1 nitrogen and oxygen atoms in total. The van der Waals surface area contributed by atoms with Crippen molar-refractivity contribution in [2.75, 3.05) is 5.88 Å². The second kappa shape index (κ2) is 6.37. The summed E-state index contributed by atoms with van der Waals surface area (Å²) in [6.07, 6.45) is 1.53. The first kappa shape index (κ1) is 12.8. The minimum Gasteiger partial charge on any atom is -0.299 e. The van der Waals surface area contributed by atoms with Crippen LogP contribution in [0.3, 0.4) is 0 Å². The highest BCUT2D eigenvalue weighted by molar-refractivity contribution is 6.42. The zero-order valence-corrected chi connectivity index (χ0v) is 10.4. The van der Waals surface area contributed by atoms with E-state index in [4.69, 9.17) is 34.8 Å². The van der Waals surface area contributed by atoms with E-state index in [1.54, 1.807) is 12.1 Å². The second-order valence-electron chi connectivity index (χ2n) is 3.22. The maximum atomic E-state index is 11.5. The van der Waals surface area contributed by atoms with Crippen LogP contribution >= 0.6 is 34.8 Å².